The third kappa shape index (κ3) is 3.90. The fraction of sp³-hybridized carbons (Fsp3) is 0.263. The number of esters is 1. The molecule has 1 atom stereocenters. The van der Waals surface area contributed by atoms with Gasteiger partial charge in [0.25, 0.3) is 0 Å². The monoisotopic (exact) mass is 324 g/mol. The van der Waals surface area contributed by atoms with Crippen molar-refractivity contribution in [3.8, 4) is 17.7 Å². The maximum Gasteiger partial charge on any atom is 0.391 e. The Kier molecular flexibility index (Phi) is 4.76. The summed E-state index contributed by atoms with van der Waals surface area (Å²) in [7, 11) is 0. The van der Waals surface area contributed by atoms with Crippen LogP contribution in [0.25, 0.3) is 0 Å². The van der Waals surface area contributed by atoms with Crippen molar-refractivity contribution in [3.05, 3.63) is 53.6 Å². The molecule has 0 spiro atoms. The fourth-order valence-electron chi connectivity index (χ4n) is 2.51. The minimum atomic E-state index is -0.835. The highest BCUT2D eigenvalue weighted by Crippen LogP contribution is 2.22. The van der Waals surface area contributed by atoms with Crippen molar-refractivity contribution in [1.82, 2.24) is 4.98 Å². The van der Waals surface area contributed by atoms with E-state index in [9.17, 15) is 9.18 Å². The minimum absolute atomic E-state index is 0.166. The number of aromatic nitrogens is 1. The molecule has 1 aliphatic rings. The molecule has 0 bridgehead atoms. The summed E-state index contributed by atoms with van der Waals surface area (Å²) in [5.41, 5.74) is 1.77. The van der Waals surface area contributed by atoms with E-state index in [1.54, 1.807) is 18.2 Å². The van der Waals surface area contributed by atoms with Crippen molar-refractivity contribution >= 4 is 11.8 Å². The summed E-state index contributed by atoms with van der Waals surface area (Å²) >= 11 is 0. The molecule has 3 rings (SSSR count). The molecular weight excluding hydrogens is 307 g/mol. The van der Waals surface area contributed by atoms with E-state index in [4.69, 9.17) is 4.74 Å². The van der Waals surface area contributed by atoms with E-state index in [0.717, 1.165) is 11.1 Å². The molecule has 24 heavy (non-hydrogen) atoms. The maximum absolute atomic E-state index is 13.3. The summed E-state index contributed by atoms with van der Waals surface area (Å²) in [5.74, 6) is 5.35. The van der Waals surface area contributed by atoms with Crippen molar-refractivity contribution in [3.63, 3.8) is 0 Å². The first-order chi connectivity index (χ1) is 11.6. The van der Waals surface area contributed by atoms with E-state index in [2.05, 4.69) is 16.8 Å². The lowest BCUT2D eigenvalue weighted by Gasteiger charge is -2.16. The fourth-order valence-corrected chi connectivity index (χ4v) is 2.51. The molecule has 0 amide bonds. The number of benzene rings is 1. The molecule has 1 aromatic heterocycles. The van der Waals surface area contributed by atoms with Crippen molar-refractivity contribution in [2.75, 3.05) is 18.0 Å². The summed E-state index contributed by atoms with van der Waals surface area (Å²) < 4.78 is 18.5. The number of anilines is 1. The quantitative estimate of drug-likeness (QED) is 0.629. The number of hydrogen-bond donors (Lipinski definition) is 0. The summed E-state index contributed by atoms with van der Waals surface area (Å²) in [6, 6.07) is 12.6. The second kappa shape index (κ2) is 7.14. The zero-order valence-corrected chi connectivity index (χ0v) is 13.3. The number of aryl methyl sites for hydroxylation is 1. The van der Waals surface area contributed by atoms with Crippen LogP contribution in [0.5, 0.6) is 5.88 Å². The van der Waals surface area contributed by atoms with Crippen LogP contribution in [0.15, 0.2) is 42.5 Å². The van der Waals surface area contributed by atoms with Crippen LogP contribution in [0.4, 0.5) is 10.2 Å². The molecule has 0 N–H and O–H groups in total. The first-order valence-electron chi connectivity index (χ1n) is 7.77. The van der Waals surface area contributed by atoms with Crippen LogP contribution < -0.4 is 9.64 Å². The molecule has 5 heteroatoms. The molecule has 1 aliphatic heterocycles. The normalized spacial score (nSPS) is 16.4. The van der Waals surface area contributed by atoms with E-state index < -0.39 is 12.1 Å². The van der Waals surface area contributed by atoms with Gasteiger partial charge in [-0.25, -0.2) is 9.18 Å². The summed E-state index contributed by atoms with van der Waals surface area (Å²) in [4.78, 5) is 18.0. The van der Waals surface area contributed by atoms with Gasteiger partial charge in [-0.15, -0.1) is 0 Å². The topological polar surface area (TPSA) is 42.4 Å². The molecule has 1 fully saturated rings. The predicted octanol–water partition coefficient (Wildman–Crippen LogP) is 2.90. The van der Waals surface area contributed by atoms with Gasteiger partial charge in [-0.2, -0.15) is 4.98 Å². The third-order valence-corrected chi connectivity index (χ3v) is 3.81. The van der Waals surface area contributed by atoms with Crippen molar-refractivity contribution in [2.24, 2.45) is 0 Å². The third-order valence-electron chi connectivity index (χ3n) is 3.81. The van der Waals surface area contributed by atoms with Gasteiger partial charge in [-0.3, -0.25) is 0 Å². The molecule has 1 saturated heterocycles. The van der Waals surface area contributed by atoms with Crippen LogP contribution in [0.3, 0.4) is 0 Å². The van der Waals surface area contributed by atoms with Gasteiger partial charge in [0.05, 0.1) is 6.54 Å². The standard InChI is InChI=1S/C19H17FN2O2/c1-14-5-2-3-6-15(14)9-10-19(23)24-18-8-4-7-17(21-18)22-12-11-16(20)13-22/h2-8,16H,11-13H2,1H3. The largest absolute Gasteiger partial charge is 0.398 e. The van der Waals surface area contributed by atoms with Gasteiger partial charge in [-0.1, -0.05) is 30.2 Å². The number of nitrogens with zero attached hydrogens (tertiary/aromatic N) is 2. The van der Waals surface area contributed by atoms with Gasteiger partial charge in [0, 0.05) is 24.1 Å². The van der Waals surface area contributed by atoms with Crippen LogP contribution in [0.1, 0.15) is 17.5 Å². The summed E-state index contributed by atoms with van der Waals surface area (Å²) in [6.07, 6.45) is -0.342. The Morgan fingerprint density at radius 3 is 2.88 bits per heavy atom. The van der Waals surface area contributed by atoms with E-state index in [0.29, 0.717) is 25.3 Å². The van der Waals surface area contributed by atoms with Gasteiger partial charge in [0.1, 0.15) is 12.0 Å². The number of hydrogen-bond acceptors (Lipinski definition) is 4. The van der Waals surface area contributed by atoms with Gasteiger partial charge < -0.3 is 9.64 Å². The number of alkyl halides is 1. The van der Waals surface area contributed by atoms with E-state index in [1.807, 2.05) is 36.1 Å². The van der Waals surface area contributed by atoms with Gasteiger partial charge in [-0.05, 0) is 31.0 Å². The Hall–Kier alpha value is -2.87. The lowest BCUT2D eigenvalue weighted by atomic mass is 10.1. The number of pyridine rings is 1. The maximum atomic E-state index is 13.3. The van der Waals surface area contributed by atoms with Gasteiger partial charge in [0.15, 0.2) is 0 Å². The number of ether oxygens (including phenoxy) is 1. The number of carbonyl (C=O) groups is 1. The second-order valence-electron chi connectivity index (χ2n) is 5.62. The Balaban J connectivity index is 1.68. The number of carbonyl (C=O) groups excluding carboxylic acids is 1. The zero-order chi connectivity index (χ0) is 16.9. The first kappa shape index (κ1) is 16.0. The minimum Gasteiger partial charge on any atom is -0.398 e. The molecular formula is C19H17FN2O2. The molecule has 4 nitrogen and oxygen atoms in total. The van der Waals surface area contributed by atoms with Gasteiger partial charge in [0.2, 0.25) is 5.88 Å². The zero-order valence-electron chi connectivity index (χ0n) is 13.3. The highest BCUT2D eigenvalue weighted by atomic mass is 19.1. The van der Waals surface area contributed by atoms with E-state index in [1.165, 1.54) is 0 Å². The smallest absolute Gasteiger partial charge is 0.391 e. The Labute approximate surface area is 140 Å². The second-order valence-corrected chi connectivity index (χ2v) is 5.62. The van der Waals surface area contributed by atoms with Crippen molar-refractivity contribution in [2.45, 2.75) is 19.5 Å². The average molecular weight is 324 g/mol. The Bertz CT molecular complexity index is 810. The first-order valence-corrected chi connectivity index (χ1v) is 7.77. The number of rotatable bonds is 2. The molecule has 2 heterocycles. The van der Waals surface area contributed by atoms with E-state index >= 15 is 0 Å². The van der Waals surface area contributed by atoms with E-state index in [-0.39, 0.29) is 5.88 Å². The summed E-state index contributed by atoms with van der Waals surface area (Å²) in [5, 5.41) is 0. The Morgan fingerprint density at radius 1 is 1.29 bits per heavy atom. The molecule has 2 aromatic rings. The Morgan fingerprint density at radius 2 is 2.12 bits per heavy atom. The van der Waals surface area contributed by atoms with Crippen LogP contribution in [-0.4, -0.2) is 30.2 Å². The molecule has 0 radical (unpaired) electrons. The molecule has 0 aliphatic carbocycles. The highest BCUT2D eigenvalue weighted by Gasteiger charge is 2.23. The van der Waals surface area contributed by atoms with Crippen molar-refractivity contribution in [1.29, 1.82) is 0 Å². The van der Waals surface area contributed by atoms with Crippen LogP contribution in [0.2, 0.25) is 0 Å². The van der Waals surface area contributed by atoms with Crippen molar-refractivity contribution < 1.29 is 13.9 Å². The van der Waals surface area contributed by atoms with Crippen LogP contribution >= 0.6 is 0 Å². The number of halogens is 1. The molecule has 0 saturated carbocycles. The SMILES string of the molecule is Cc1ccccc1C#CC(=O)Oc1cccc(N2CCC(F)C2)n1. The lowest BCUT2D eigenvalue weighted by molar-refractivity contribution is -0.128. The lowest BCUT2D eigenvalue weighted by Crippen LogP contribution is -2.21. The molecule has 1 unspecified atom stereocenters. The van der Waals surface area contributed by atoms with Crippen LogP contribution in [-0.2, 0) is 4.79 Å². The highest BCUT2D eigenvalue weighted by molar-refractivity contribution is 5.90. The predicted molar refractivity (Wildman–Crippen MR) is 89.7 cm³/mol. The average Bonchev–Trinajstić information content (AvgIpc) is 3.01. The summed E-state index contributed by atoms with van der Waals surface area (Å²) in [6.45, 7) is 2.85. The molecule has 1 aromatic carbocycles. The van der Waals surface area contributed by atoms with Gasteiger partial charge >= 0.3 is 5.97 Å². The van der Waals surface area contributed by atoms with Crippen LogP contribution in [0, 0.1) is 18.8 Å². The molecule has 122 valence electrons.